The number of benzene rings is 1. The Bertz CT molecular complexity index is 339. The third-order valence-corrected chi connectivity index (χ3v) is 2.29. The van der Waals surface area contributed by atoms with Gasteiger partial charge in [-0.05, 0) is 28.9 Å². The van der Waals surface area contributed by atoms with Crippen molar-refractivity contribution in [2.45, 2.75) is 6.92 Å². The summed E-state index contributed by atoms with van der Waals surface area (Å²) < 4.78 is 49.7. The van der Waals surface area contributed by atoms with Gasteiger partial charge >= 0.3 is 58.4 Å². The van der Waals surface area contributed by atoms with Crippen molar-refractivity contribution in [3.63, 3.8) is 0 Å². The molecule has 0 aliphatic carbocycles. The second-order valence-electron chi connectivity index (χ2n) is 2.67. The Morgan fingerprint density at radius 1 is 1.21 bits per heavy atom. The van der Waals surface area contributed by atoms with Gasteiger partial charge in [-0.1, -0.05) is 17.1 Å². The van der Waals surface area contributed by atoms with E-state index in [1.165, 1.54) is 19.1 Å². The fourth-order valence-corrected chi connectivity index (χ4v) is 1.41. The molecule has 0 nitrogen and oxygen atoms in total. The molecule has 0 aliphatic heterocycles. The number of rotatable bonds is 1. The molecule has 0 aromatic heterocycles. The molecule has 0 radical (unpaired) electrons. The van der Waals surface area contributed by atoms with Crippen molar-refractivity contribution < 1.29 is 68.7 Å². The molecule has 7 heteroatoms. The van der Waals surface area contributed by atoms with Crippen LogP contribution in [0.4, 0.5) is 17.3 Å². The summed E-state index contributed by atoms with van der Waals surface area (Å²) in [5, 5.41) is 0. The smallest absolute Gasteiger partial charge is 0.445 e. The Balaban J connectivity index is 0.00000169. The van der Waals surface area contributed by atoms with Crippen LogP contribution in [0, 0.1) is 12.7 Å². The van der Waals surface area contributed by atoms with Crippen LogP contribution in [-0.2, 0) is 0 Å². The van der Waals surface area contributed by atoms with Gasteiger partial charge in [-0.25, -0.2) is 4.39 Å². The van der Waals surface area contributed by atoms with Crippen LogP contribution < -0.4 is 56.8 Å². The van der Waals surface area contributed by atoms with Gasteiger partial charge in [0.1, 0.15) is 5.82 Å². The molecule has 0 amide bonds. The zero-order valence-electron chi connectivity index (χ0n) is 7.62. The molecule has 1 rings (SSSR count). The van der Waals surface area contributed by atoms with Crippen LogP contribution in [0.1, 0.15) is 5.56 Å². The topological polar surface area (TPSA) is 0 Å². The minimum absolute atomic E-state index is 0. The maximum absolute atomic E-state index is 13.0. The molecular formula is C7H5BBrF4K. The molecule has 0 atom stereocenters. The molecule has 0 heterocycles. The molecule has 0 saturated carbocycles. The first kappa shape index (κ1) is 15.1. The largest absolute Gasteiger partial charge is 1.00 e. The molecule has 0 bridgehead atoms. The molecule has 14 heavy (non-hydrogen) atoms. The van der Waals surface area contributed by atoms with Crippen molar-refractivity contribution in [2.75, 3.05) is 0 Å². The first-order valence-electron chi connectivity index (χ1n) is 3.48. The summed E-state index contributed by atoms with van der Waals surface area (Å²) in [6.07, 6.45) is 0. The van der Waals surface area contributed by atoms with Crippen LogP contribution >= 0.6 is 15.9 Å². The third-order valence-electron chi connectivity index (χ3n) is 1.68. The Morgan fingerprint density at radius 3 is 2.07 bits per heavy atom. The van der Waals surface area contributed by atoms with Gasteiger partial charge in [0.15, 0.2) is 0 Å². The summed E-state index contributed by atoms with van der Waals surface area (Å²) in [4.78, 5) is 0. The first-order chi connectivity index (χ1) is 5.84. The zero-order chi connectivity index (χ0) is 10.2. The third kappa shape index (κ3) is 3.31. The van der Waals surface area contributed by atoms with Crippen molar-refractivity contribution >= 4 is 28.4 Å². The van der Waals surface area contributed by atoms with E-state index < -0.39 is 18.3 Å². The van der Waals surface area contributed by atoms with Crippen molar-refractivity contribution in [3.8, 4) is 0 Å². The number of aryl methyl sites for hydroxylation is 1. The van der Waals surface area contributed by atoms with Crippen LogP contribution in [0.3, 0.4) is 0 Å². The number of hydrogen-bond acceptors (Lipinski definition) is 0. The summed E-state index contributed by atoms with van der Waals surface area (Å²) in [5.74, 6) is -1.23. The van der Waals surface area contributed by atoms with E-state index in [0.717, 1.165) is 0 Å². The quantitative estimate of drug-likeness (QED) is 0.504. The summed E-state index contributed by atoms with van der Waals surface area (Å²) >= 11 is 2.71. The monoisotopic (exact) mass is 294 g/mol. The van der Waals surface area contributed by atoms with E-state index in [9.17, 15) is 17.3 Å². The van der Waals surface area contributed by atoms with Crippen LogP contribution in [0.5, 0.6) is 0 Å². The Labute approximate surface area is 130 Å². The standard InChI is InChI=1S/C7H5BBrF4.K/c1-4-2-3-5(9)7(10)6(4)8(11,12)13;/h2-3H,1H3;/q-1;+1. The van der Waals surface area contributed by atoms with E-state index in [1.54, 1.807) is 0 Å². The molecule has 0 aliphatic rings. The zero-order valence-corrected chi connectivity index (χ0v) is 12.3. The molecule has 0 spiro atoms. The SMILES string of the molecule is Cc1ccc(Br)c(F)c1[B-](F)(F)F.[K+]. The van der Waals surface area contributed by atoms with Crippen molar-refractivity contribution in [2.24, 2.45) is 0 Å². The maximum atomic E-state index is 13.0. The predicted octanol–water partition coefficient (Wildman–Crippen LogP) is -0.0450. The molecule has 0 unspecified atom stereocenters. The molecular weight excluding hydrogens is 290 g/mol. The molecule has 0 fully saturated rings. The maximum Gasteiger partial charge on any atom is 1.00 e. The van der Waals surface area contributed by atoms with Gasteiger partial charge in [-0.15, -0.1) is 0 Å². The van der Waals surface area contributed by atoms with E-state index in [-0.39, 0.29) is 61.4 Å². The minimum Gasteiger partial charge on any atom is -0.445 e. The average molecular weight is 295 g/mol. The van der Waals surface area contributed by atoms with E-state index >= 15 is 0 Å². The molecule has 72 valence electrons. The van der Waals surface area contributed by atoms with Crippen molar-refractivity contribution in [1.82, 2.24) is 0 Å². The Kier molecular flexibility index (Phi) is 5.89. The van der Waals surface area contributed by atoms with Crippen LogP contribution in [-0.4, -0.2) is 6.98 Å². The summed E-state index contributed by atoms with van der Waals surface area (Å²) in [5.41, 5.74) is -1.23. The van der Waals surface area contributed by atoms with Gasteiger partial charge < -0.3 is 12.9 Å². The summed E-state index contributed by atoms with van der Waals surface area (Å²) in [6, 6.07) is 2.49. The van der Waals surface area contributed by atoms with Gasteiger partial charge in [0, 0.05) is 0 Å². The summed E-state index contributed by atoms with van der Waals surface area (Å²) in [6.45, 7) is -4.04. The normalized spacial score (nSPS) is 11.0. The van der Waals surface area contributed by atoms with Gasteiger partial charge in [0.2, 0.25) is 0 Å². The van der Waals surface area contributed by atoms with Crippen LogP contribution in [0.2, 0.25) is 0 Å². The van der Waals surface area contributed by atoms with E-state index in [2.05, 4.69) is 15.9 Å². The fourth-order valence-electron chi connectivity index (χ4n) is 1.06. The fraction of sp³-hybridized carbons (Fsp3) is 0.143. The average Bonchev–Trinajstić information content (AvgIpc) is 1.95. The van der Waals surface area contributed by atoms with Gasteiger partial charge in [0.25, 0.3) is 0 Å². The number of halogens is 5. The first-order valence-corrected chi connectivity index (χ1v) is 4.27. The van der Waals surface area contributed by atoms with Crippen molar-refractivity contribution in [3.05, 3.63) is 28.0 Å². The minimum atomic E-state index is -5.28. The second kappa shape index (κ2) is 5.45. The second-order valence-corrected chi connectivity index (χ2v) is 3.52. The Morgan fingerprint density at radius 2 is 1.71 bits per heavy atom. The van der Waals surface area contributed by atoms with Gasteiger partial charge in [-0.2, -0.15) is 0 Å². The number of hydrogen-bond donors (Lipinski definition) is 0. The van der Waals surface area contributed by atoms with Crippen molar-refractivity contribution in [1.29, 1.82) is 0 Å². The van der Waals surface area contributed by atoms with Crippen LogP contribution in [0.15, 0.2) is 16.6 Å². The Hall–Kier alpha value is 1.12. The molecule has 0 saturated heterocycles. The van der Waals surface area contributed by atoms with Gasteiger partial charge in [0.05, 0.1) is 4.47 Å². The molecule has 0 N–H and O–H groups in total. The van der Waals surface area contributed by atoms with E-state index in [1.807, 2.05) is 0 Å². The predicted molar refractivity (Wildman–Crippen MR) is 47.5 cm³/mol. The van der Waals surface area contributed by atoms with Crippen LogP contribution in [0.25, 0.3) is 0 Å². The van der Waals surface area contributed by atoms with Gasteiger partial charge in [-0.3, -0.25) is 0 Å². The molecule has 1 aromatic rings. The van der Waals surface area contributed by atoms with E-state index in [0.29, 0.717) is 0 Å². The van der Waals surface area contributed by atoms with E-state index in [4.69, 9.17) is 0 Å². The summed E-state index contributed by atoms with van der Waals surface area (Å²) in [7, 11) is 0. The molecule has 1 aromatic carbocycles.